The van der Waals surface area contributed by atoms with Gasteiger partial charge in [-0.05, 0) is 35.9 Å². The molecule has 1 fully saturated rings. The molecule has 1 aromatic heterocycles. The van der Waals surface area contributed by atoms with E-state index in [-0.39, 0.29) is 17.9 Å². The average Bonchev–Trinajstić information content (AvgIpc) is 3.32. The Bertz CT molecular complexity index is 1150. The number of imide groups is 1. The Morgan fingerprint density at radius 3 is 2.35 bits per heavy atom. The Hall–Kier alpha value is -3.38. The molecule has 156 valence electrons. The average molecular weight is 412 g/mol. The number of benzene rings is 2. The molecule has 6 nitrogen and oxygen atoms in total. The fraction of sp³-hybridized carbons (Fsp3) is 0.280. The molecular weight excluding hydrogens is 388 g/mol. The lowest BCUT2D eigenvalue weighted by Crippen LogP contribution is -2.50. The van der Waals surface area contributed by atoms with Crippen molar-refractivity contribution in [2.24, 2.45) is 0 Å². The minimum atomic E-state index is -0.170. The number of aromatic nitrogens is 1. The summed E-state index contributed by atoms with van der Waals surface area (Å²) in [7, 11) is 0. The minimum absolute atomic E-state index is 0.170. The monoisotopic (exact) mass is 412 g/mol. The highest BCUT2D eigenvalue weighted by molar-refractivity contribution is 6.21. The Kier molecular flexibility index (Phi) is 4.21. The SMILES string of the molecule is O=C1c2ccccc2C(=O)N1CCN1CCN2c3ccccc3Cn3cccc3[C@H]2C1. The third kappa shape index (κ3) is 2.90. The van der Waals surface area contributed by atoms with Crippen molar-refractivity contribution in [2.75, 3.05) is 37.6 Å². The van der Waals surface area contributed by atoms with Gasteiger partial charge in [0.1, 0.15) is 0 Å². The maximum absolute atomic E-state index is 12.7. The van der Waals surface area contributed by atoms with Gasteiger partial charge in [0.2, 0.25) is 0 Å². The van der Waals surface area contributed by atoms with Crippen LogP contribution in [0.1, 0.15) is 38.0 Å². The molecule has 0 saturated carbocycles. The molecule has 3 aliphatic rings. The number of rotatable bonds is 3. The number of carbonyl (C=O) groups excluding carboxylic acids is 2. The predicted molar refractivity (Wildman–Crippen MR) is 118 cm³/mol. The molecular formula is C25H24N4O2. The molecule has 0 unspecified atom stereocenters. The maximum atomic E-state index is 12.7. The van der Waals surface area contributed by atoms with E-state index in [0.717, 1.165) is 26.2 Å². The standard InChI is InChI=1S/C25H24N4O2/c30-24-19-7-2-3-8-20(19)25(31)29(24)15-13-26-12-14-28-21-9-4-1-6-18(21)16-27-11-5-10-22(27)23(28)17-26/h1-11,23H,12-17H2/t23-/m1/s1. The molecule has 6 heteroatoms. The van der Waals surface area contributed by atoms with Gasteiger partial charge in [0.15, 0.2) is 0 Å². The summed E-state index contributed by atoms with van der Waals surface area (Å²) >= 11 is 0. The molecule has 0 radical (unpaired) electrons. The Morgan fingerprint density at radius 2 is 1.55 bits per heavy atom. The molecule has 6 rings (SSSR count). The van der Waals surface area contributed by atoms with Crippen molar-refractivity contribution < 1.29 is 9.59 Å². The number of carbonyl (C=O) groups is 2. The summed E-state index contributed by atoms with van der Waals surface area (Å²) in [4.78, 5) is 31.7. The number of fused-ring (bicyclic) bond motifs is 6. The molecule has 2 aromatic carbocycles. The zero-order chi connectivity index (χ0) is 20.9. The molecule has 3 aliphatic heterocycles. The summed E-state index contributed by atoms with van der Waals surface area (Å²) in [6.07, 6.45) is 2.16. The van der Waals surface area contributed by atoms with Gasteiger partial charge in [0.05, 0.1) is 17.2 Å². The van der Waals surface area contributed by atoms with Crippen LogP contribution in [0.3, 0.4) is 0 Å². The molecule has 0 spiro atoms. The van der Waals surface area contributed by atoms with Gasteiger partial charge in [-0.15, -0.1) is 0 Å². The first kappa shape index (κ1) is 18.4. The van der Waals surface area contributed by atoms with E-state index >= 15 is 0 Å². The molecule has 0 N–H and O–H groups in total. The fourth-order valence-corrected chi connectivity index (χ4v) is 5.25. The van der Waals surface area contributed by atoms with Crippen LogP contribution >= 0.6 is 0 Å². The lowest BCUT2D eigenvalue weighted by Gasteiger charge is -2.42. The quantitative estimate of drug-likeness (QED) is 0.621. The van der Waals surface area contributed by atoms with E-state index in [1.54, 1.807) is 12.1 Å². The Labute approximate surface area is 181 Å². The minimum Gasteiger partial charge on any atom is -0.360 e. The summed E-state index contributed by atoms with van der Waals surface area (Å²) in [6, 6.07) is 20.4. The van der Waals surface area contributed by atoms with Crippen molar-refractivity contribution >= 4 is 17.5 Å². The number of amides is 2. The zero-order valence-electron chi connectivity index (χ0n) is 17.3. The van der Waals surface area contributed by atoms with Crippen LogP contribution < -0.4 is 4.90 Å². The van der Waals surface area contributed by atoms with Crippen LogP contribution in [0.25, 0.3) is 0 Å². The van der Waals surface area contributed by atoms with Crippen molar-refractivity contribution in [3.63, 3.8) is 0 Å². The molecule has 31 heavy (non-hydrogen) atoms. The number of para-hydroxylation sites is 1. The third-order valence-electron chi connectivity index (χ3n) is 6.83. The van der Waals surface area contributed by atoms with Crippen LogP contribution in [-0.4, -0.2) is 58.9 Å². The van der Waals surface area contributed by atoms with Gasteiger partial charge in [-0.1, -0.05) is 30.3 Å². The largest absolute Gasteiger partial charge is 0.360 e. The summed E-state index contributed by atoms with van der Waals surface area (Å²) in [5.74, 6) is -0.340. The predicted octanol–water partition coefficient (Wildman–Crippen LogP) is 3.01. The van der Waals surface area contributed by atoms with E-state index in [4.69, 9.17) is 0 Å². The van der Waals surface area contributed by atoms with Crippen LogP contribution in [0.2, 0.25) is 0 Å². The van der Waals surface area contributed by atoms with Crippen molar-refractivity contribution in [3.05, 3.63) is 89.2 Å². The third-order valence-corrected chi connectivity index (χ3v) is 6.83. The lowest BCUT2D eigenvalue weighted by molar-refractivity contribution is 0.0631. The molecule has 1 atom stereocenters. The van der Waals surface area contributed by atoms with Gasteiger partial charge in [-0.2, -0.15) is 0 Å². The second-order valence-electron chi connectivity index (χ2n) is 8.51. The van der Waals surface area contributed by atoms with Crippen molar-refractivity contribution in [2.45, 2.75) is 12.6 Å². The molecule has 0 bridgehead atoms. The van der Waals surface area contributed by atoms with E-state index in [2.05, 4.69) is 57.0 Å². The summed E-state index contributed by atoms with van der Waals surface area (Å²) in [6.45, 7) is 4.72. The van der Waals surface area contributed by atoms with Crippen molar-refractivity contribution in [3.8, 4) is 0 Å². The normalized spacial score (nSPS) is 20.2. The summed E-state index contributed by atoms with van der Waals surface area (Å²) in [5, 5.41) is 0. The smallest absolute Gasteiger partial charge is 0.261 e. The molecule has 0 aliphatic carbocycles. The summed E-state index contributed by atoms with van der Waals surface area (Å²) < 4.78 is 2.34. The highest BCUT2D eigenvalue weighted by Crippen LogP contribution is 2.36. The zero-order valence-corrected chi connectivity index (χ0v) is 17.3. The van der Waals surface area contributed by atoms with Crippen LogP contribution in [-0.2, 0) is 6.54 Å². The van der Waals surface area contributed by atoms with Gasteiger partial charge >= 0.3 is 0 Å². The van der Waals surface area contributed by atoms with Gasteiger partial charge in [-0.25, -0.2) is 0 Å². The van der Waals surface area contributed by atoms with Crippen LogP contribution in [0.4, 0.5) is 5.69 Å². The Balaban J connectivity index is 1.21. The second kappa shape index (κ2) is 7.10. The van der Waals surface area contributed by atoms with Crippen LogP contribution in [0, 0.1) is 0 Å². The fourth-order valence-electron chi connectivity index (χ4n) is 5.25. The number of hydrogen-bond acceptors (Lipinski definition) is 4. The van der Waals surface area contributed by atoms with E-state index in [9.17, 15) is 9.59 Å². The van der Waals surface area contributed by atoms with E-state index in [1.807, 2.05) is 12.1 Å². The van der Waals surface area contributed by atoms with E-state index in [0.29, 0.717) is 24.2 Å². The molecule has 3 aromatic rings. The van der Waals surface area contributed by atoms with Crippen molar-refractivity contribution in [1.82, 2.24) is 14.4 Å². The summed E-state index contributed by atoms with van der Waals surface area (Å²) in [5.41, 5.74) is 5.03. The Morgan fingerprint density at radius 1 is 0.806 bits per heavy atom. The van der Waals surface area contributed by atoms with Gasteiger partial charge in [-0.3, -0.25) is 19.4 Å². The highest BCUT2D eigenvalue weighted by atomic mass is 16.2. The van der Waals surface area contributed by atoms with Crippen LogP contribution in [0.15, 0.2) is 66.9 Å². The molecule has 1 saturated heterocycles. The second-order valence-corrected chi connectivity index (χ2v) is 8.51. The lowest BCUT2D eigenvalue weighted by atomic mass is 10.1. The first-order valence-corrected chi connectivity index (χ1v) is 10.9. The number of nitrogens with zero attached hydrogens (tertiary/aromatic N) is 4. The number of hydrogen-bond donors (Lipinski definition) is 0. The maximum Gasteiger partial charge on any atom is 0.261 e. The molecule has 2 amide bonds. The van der Waals surface area contributed by atoms with Crippen LogP contribution in [0.5, 0.6) is 0 Å². The number of anilines is 1. The van der Waals surface area contributed by atoms with Gasteiger partial charge < -0.3 is 9.47 Å². The van der Waals surface area contributed by atoms with Gasteiger partial charge in [0.25, 0.3) is 11.8 Å². The van der Waals surface area contributed by atoms with Crippen molar-refractivity contribution in [1.29, 1.82) is 0 Å². The van der Waals surface area contributed by atoms with E-state index in [1.165, 1.54) is 21.8 Å². The first-order chi connectivity index (χ1) is 15.2. The topological polar surface area (TPSA) is 48.8 Å². The van der Waals surface area contributed by atoms with E-state index < -0.39 is 0 Å². The van der Waals surface area contributed by atoms with Gasteiger partial charge in [0, 0.05) is 56.8 Å². The molecule has 4 heterocycles. The highest BCUT2D eigenvalue weighted by Gasteiger charge is 2.37. The number of piperazine rings is 1. The first-order valence-electron chi connectivity index (χ1n) is 10.9.